The third-order valence-electron chi connectivity index (χ3n) is 5.84. The molecule has 1 heterocycles. The Morgan fingerprint density at radius 3 is 2.57 bits per heavy atom. The predicted octanol–water partition coefficient (Wildman–Crippen LogP) is 3.49. The molecule has 3 rings (SSSR count). The molecule has 2 aromatic rings. The van der Waals surface area contributed by atoms with Crippen LogP contribution in [0, 0.1) is 13.8 Å². The molecule has 2 N–H and O–H groups in total. The highest BCUT2D eigenvalue weighted by Gasteiger charge is 2.32. The molecule has 1 amide bonds. The fourth-order valence-corrected chi connectivity index (χ4v) is 4.06. The summed E-state index contributed by atoms with van der Waals surface area (Å²) in [4.78, 5) is 17.4. The van der Waals surface area contributed by atoms with Crippen LogP contribution in [0.4, 0.5) is 5.69 Å². The van der Waals surface area contributed by atoms with Crippen LogP contribution in [0.5, 0.6) is 0 Å². The topological polar surface area (TPSA) is 55.8 Å². The molecule has 1 atom stereocenters. The Bertz CT molecular complexity index is 877. The van der Waals surface area contributed by atoms with Gasteiger partial charge in [-0.15, -0.1) is 0 Å². The van der Waals surface area contributed by atoms with Crippen LogP contribution < -0.4 is 10.2 Å². The summed E-state index contributed by atoms with van der Waals surface area (Å²) in [6.07, 6.45) is 0.848. The highest BCUT2D eigenvalue weighted by molar-refractivity contribution is 6.30. The second-order valence-corrected chi connectivity index (χ2v) is 8.75. The zero-order valence-electron chi connectivity index (χ0n) is 18.1. The Morgan fingerprint density at radius 1 is 1.13 bits per heavy atom. The van der Waals surface area contributed by atoms with E-state index in [1.165, 1.54) is 23.7 Å². The summed E-state index contributed by atoms with van der Waals surface area (Å²) in [5, 5.41) is 14.0. The summed E-state index contributed by atoms with van der Waals surface area (Å²) in [7, 11) is 0. The number of nitrogens with one attached hydrogen (secondary N) is 1. The minimum atomic E-state index is -1.60. The van der Waals surface area contributed by atoms with Gasteiger partial charge < -0.3 is 15.3 Å². The summed E-state index contributed by atoms with van der Waals surface area (Å²) < 4.78 is 0. The van der Waals surface area contributed by atoms with Crippen molar-refractivity contribution in [2.75, 3.05) is 44.2 Å². The first-order valence-electron chi connectivity index (χ1n) is 10.6. The maximum Gasteiger partial charge on any atom is 0.256 e. The van der Waals surface area contributed by atoms with Crippen molar-refractivity contribution in [3.05, 3.63) is 64.2 Å². The number of carbonyl (C=O) groups is 1. The van der Waals surface area contributed by atoms with Gasteiger partial charge >= 0.3 is 0 Å². The van der Waals surface area contributed by atoms with Crippen molar-refractivity contribution in [1.82, 2.24) is 10.2 Å². The van der Waals surface area contributed by atoms with Crippen LogP contribution in [0.3, 0.4) is 0 Å². The molecule has 1 fully saturated rings. The minimum absolute atomic E-state index is 0.399. The predicted molar refractivity (Wildman–Crippen MR) is 123 cm³/mol. The lowest BCUT2D eigenvalue weighted by atomic mass is 9.95. The van der Waals surface area contributed by atoms with Gasteiger partial charge in [0.25, 0.3) is 5.91 Å². The summed E-state index contributed by atoms with van der Waals surface area (Å²) in [6.45, 7) is 11.3. The molecule has 0 aromatic heterocycles. The Morgan fingerprint density at radius 2 is 1.87 bits per heavy atom. The lowest BCUT2D eigenvalue weighted by Crippen LogP contribution is -2.47. The summed E-state index contributed by atoms with van der Waals surface area (Å²) in [6, 6.07) is 13.4. The van der Waals surface area contributed by atoms with E-state index >= 15 is 0 Å². The summed E-state index contributed by atoms with van der Waals surface area (Å²) in [5.74, 6) is -0.399. The molecule has 1 saturated heterocycles. The molecule has 0 aliphatic carbocycles. The molecule has 162 valence electrons. The van der Waals surface area contributed by atoms with Gasteiger partial charge in [0.05, 0.1) is 0 Å². The van der Waals surface area contributed by atoms with Crippen LogP contribution in [0.25, 0.3) is 0 Å². The van der Waals surface area contributed by atoms with Crippen LogP contribution in [0.2, 0.25) is 5.02 Å². The van der Waals surface area contributed by atoms with Crippen LogP contribution in [0.15, 0.2) is 42.5 Å². The highest BCUT2D eigenvalue weighted by atomic mass is 35.5. The van der Waals surface area contributed by atoms with Crippen LogP contribution in [-0.2, 0) is 10.4 Å². The van der Waals surface area contributed by atoms with Crippen LogP contribution in [-0.4, -0.2) is 55.2 Å². The SMILES string of the molecule is Cc1ccc(C)c(N2CCN(CCCNC(=O)C(C)(O)c3cccc(Cl)c3)CC2)c1. The maximum atomic E-state index is 12.5. The number of anilines is 1. The molecule has 1 aliphatic heterocycles. The quantitative estimate of drug-likeness (QED) is 0.661. The largest absolute Gasteiger partial charge is 0.376 e. The fraction of sp³-hybridized carbons (Fsp3) is 0.458. The number of amides is 1. The van der Waals surface area contributed by atoms with Gasteiger partial charge in [0.15, 0.2) is 5.60 Å². The van der Waals surface area contributed by atoms with Gasteiger partial charge in [-0.2, -0.15) is 0 Å². The molecule has 1 unspecified atom stereocenters. The maximum absolute atomic E-state index is 12.5. The van der Waals surface area contributed by atoms with E-state index in [1.54, 1.807) is 24.3 Å². The minimum Gasteiger partial charge on any atom is -0.376 e. The monoisotopic (exact) mass is 429 g/mol. The average molecular weight is 430 g/mol. The van der Waals surface area contributed by atoms with Crippen molar-refractivity contribution in [1.29, 1.82) is 0 Å². The van der Waals surface area contributed by atoms with E-state index < -0.39 is 11.5 Å². The van der Waals surface area contributed by atoms with Gasteiger partial charge in [-0.1, -0.05) is 35.9 Å². The number of halogens is 1. The molecule has 2 aromatic carbocycles. The van der Waals surface area contributed by atoms with Gasteiger partial charge in [-0.3, -0.25) is 9.69 Å². The summed E-state index contributed by atoms with van der Waals surface area (Å²) in [5.41, 5.74) is 2.86. The number of nitrogens with zero attached hydrogens (tertiary/aromatic N) is 2. The number of hydrogen-bond donors (Lipinski definition) is 2. The van der Waals surface area contributed by atoms with E-state index in [0.717, 1.165) is 39.1 Å². The number of hydrogen-bond acceptors (Lipinski definition) is 4. The zero-order valence-corrected chi connectivity index (χ0v) is 18.9. The first kappa shape index (κ1) is 22.6. The smallest absolute Gasteiger partial charge is 0.256 e. The number of benzene rings is 2. The number of aryl methyl sites for hydroxylation is 2. The summed E-state index contributed by atoms with van der Waals surface area (Å²) >= 11 is 5.98. The van der Waals surface area contributed by atoms with Crippen molar-refractivity contribution < 1.29 is 9.90 Å². The van der Waals surface area contributed by atoms with Crippen molar-refractivity contribution in [2.24, 2.45) is 0 Å². The zero-order chi connectivity index (χ0) is 21.7. The third kappa shape index (κ3) is 5.54. The number of piperazine rings is 1. The fourth-order valence-electron chi connectivity index (χ4n) is 3.87. The Balaban J connectivity index is 1.41. The lowest BCUT2D eigenvalue weighted by molar-refractivity contribution is -0.139. The van der Waals surface area contributed by atoms with Crippen molar-refractivity contribution >= 4 is 23.2 Å². The first-order valence-corrected chi connectivity index (χ1v) is 11.0. The molecule has 0 spiro atoms. The van der Waals surface area contributed by atoms with E-state index in [0.29, 0.717) is 17.1 Å². The highest BCUT2D eigenvalue weighted by Crippen LogP contribution is 2.24. The normalized spacial score (nSPS) is 16.9. The second-order valence-electron chi connectivity index (χ2n) is 8.31. The molecule has 0 saturated carbocycles. The molecule has 6 heteroatoms. The van der Waals surface area contributed by atoms with Crippen molar-refractivity contribution in [3.8, 4) is 0 Å². The molecule has 0 bridgehead atoms. The number of rotatable bonds is 7. The molecular formula is C24H32ClN3O2. The van der Waals surface area contributed by atoms with Gasteiger partial charge in [-0.25, -0.2) is 0 Å². The van der Waals surface area contributed by atoms with Crippen LogP contribution in [0.1, 0.15) is 30.0 Å². The van der Waals surface area contributed by atoms with Gasteiger partial charge in [0.2, 0.25) is 0 Å². The van der Waals surface area contributed by atoms with Crippen molar-refractivity contribution in [2.45, 2.75) is 32.8 Å². The van der Waals surface area contributed by atoms with Gasteiger partial charge in [0.1, 0.15) is 0 Å². The average Bonchev–Trinajstić information content (AvgIpc) is 2.73. The van der Waals surface area contributed by atoms with E-state index in [9.17, 15) is 9.90 Å². The van der Waals surface area contributed by atoms with E-state index in [1.807, 2.05) is 0 Å². The third-order valence-corrected chi connectivity index (χ3v) is 6.08. The Hall–Kier alpha value is -2.08. The van der Waals surface area contributed by atoms with E-state index in [2.05, 4.69) is 47.2 Å². The van der Waals surface area contributed by atoms with Crippen molar-refractivity contribution in [3.63, 3.8) is 0 Å². The number of carbonyl (C=O) groups excluding carboxylic acids is 1. The second kappa shape index (κ2) is 9.82. The van der Waals surface area contributed by atoms with E-state index in [-0.39, 0.29) is 0 Å². The lowest BCUT2D eigenvalue weighted by Gasteiger charge is -2.37. The van der Waals surface area contributed by atoms with Crippen LogP contribution >= 0.6 is 11.6 Å². The molecular weight excluding hydrogens is 398 g/mol. The van der Waals surface area contributed by atoms with Gasteiger partial charge in [0, 0.05) is 43.4 Å². The standard InChI is InChI=1S/C24H32ClN3O2/c1-18-8-9-19(2)22(16-18)28-14-12-27(13-15-28)11-5-10-26-23(29)24(3,30)20-6-4-7-21(25)17-20/h4,6-9,16-17,30H,5,10-15H2,1-3H3,(H,26,29). The Labute approximate surface area is 184 Å². The van der Waals surface area contributed by atoms with Gasteiger partial charge in [-0.05, 0) is 68.6 Å². The molecule has 1 aliphatic rings. The van der Waals surface area contributed by atoms with E-state index in [4.69, 9.17) is 11.6 Å². The Kier molecular flexibility index (Phi) is 7.40. The number of aliphatic hydroxyl groups is 1. The molecule has 5 nitrogen and oxygen atoms in total. The molecule has 30 heavy (non-hydrogen) atoms. The molecule has 0 radical (unpaired) electrons. The first-order chi connectivity index (χ1) is 14.3.